The molecular weight excluding hydrogens is 350 g/mol. The molecule has 0 unspecified atom stereocenters. The highest BCUT2D eigenvalue weighted by molar-refractivity contribution is 9.10. The zero-order chi connectivity index (χ0) is 16.5. The summed E-state index contributed by atoms with van der Waals surface area (Å²) in [6.07, 6.45) is 2.18. The number of halogens is 1. The monoisotopic (exact) mass is 369 g/mol. The zero-order valence-electron chi connectivity index (χ0n) is 12.9. The predicted octanol–water partition coefficient (Wildman–Crippen LogP) is 2.21. The summed E-state index contributed by atoms with van der Waals surface area (Å²) in [4.78, 5) is 23.1. The molecule has 7 heteroatoms. The SMILES string of the molecule is CCOc1ccc(Br)cc1/C=N\NC(=O)C(=O)N[C@@H](C)CC. The first-order chi connectivity index (χ1) is 10.5. The van der Waals surface area contributed by atoms with Crippen LogP contribution in [0.1, 0.15) is 32.8 Å². The summed E-state index contributed by atoms with van der Waals surface area (Å²) in [7, 11) is 0. The molecule has 0 saturated carbocycles. The third kappa shape index (κ3) is 5.85. The number of hydrogen-bond donors (Lipinski definition) is 2. The molecule has 2 amide bonds. The fourth-order valence-electron chi connectivity index (χ4n) is 1.51. The van der Waals surface area contributed by atoms with Gasteiger partial charge < -0.3 is 10.1 Å². The Labute approximate surface area is 138 Å². The standard InChI is InChI=1S/C15H20BrN3O3/c1-4-10(3)18-14(20)15(21)19-17-9-11-8-12(16)6-7-13(11)22-5-2/h6-10H,4-5H2,1-3H3,(H,18,20)(H,19,21)/b17-9-/t10-/m0/s1. The summed E-state index contributed by atoms with van der Waals surface area (Å²) < 4.78 is 6.32. The Balaban J connectivity index is 2.67. The number of amides is 2. The van der Waals surface area contributed by atoms with Gasteiger partial charge in [-0.15, -0.1) is 0 Å². The minimum absolute atomic E-state index is 0.0585. The van der Waals surface area contributed by atoms with Crippen molar-refractivity contribution >= 4 is 34.0 Å². The van der Waals surface area contributed by atoms with Gasteiger partial charge in [-0.3, -0.25) is 9.59 Å². The third-order valence-electron chi connectivity index (χ3n) is 2.84. The van der Waals surface area contributed by atoms with Gasteiger partial charge in [0.25, 0.3) is 0 Å². The van der Waals surface area contributed by atoms with Crippen LogP contribution in [0.2, 0.25) is 0 Å². The molecule has 0 bridgehead atoms. The molecule has 0 aliphatic heterocycles. The minimum Gasteiger partial charge on any atom is -0.493 e. The van der Waals surface area contributed by atoms with E-state index in [9.17, 15) is 9.59 Å². The summed E-state index contributed by atoms with van der Waals surface area (Å²) in [6, 6.07) is 5.39. The van der Waals surface area contributed by atoms with Crippen LogP contribution in [0.5, 0.6) is 5.75 Å². The highest BCUT2D eigenvalue weighted by Gasteiger charge is 2.14. The lowest BCUT2D eigenvalue weighted by Crippen LogP contribution is -2.41. The fraction of sp³-hybridized carbons (Fsp3) is 0.400. The van der Waals surface area contributed by atoms with Crippen molar-refractivity contribution < 1.29 is 14.3 Å². The number of hydrazone groups is 1. The van der Waals surface area contributed by atoms with Crippen LogP contribution in [-0.2, 0) is 9.59 Å². The highest BCUT2D eigenvalue weighted by Crippen LogP contribution is 2.21. The van der Waals surface area contributed by atoms with E-state index in [0.29, 0.717) is 17.9 Å². The summed E-state index contributed by atoms with van der Waals surface area (Å²) in [6.45, 7) is 6.14. The van der Waals surface area contributed by atoms with E-state index in [2.05, 4.69) is 31.8 Å². The van der Waals surface area contributed by atoms with E-state index in [1.165, 1.54) is 6.21 Å². The Morgan fingerprint density at radius 3 is 2.73 bits per heavy atom. The lowest BCUT2D eigenvalue weighted by Gasteiger charge is -2.09. The van der Waals surface area contributed by atoms with E-state index in [0.717, 1.165) is 10.9 Å². The van der Waals surface area contributed by atoms with E-state index < -0.39 is 11.8 Å². The van der Waals surface area contributed by atoms with Crippen molar-refractivity contribution in [2.24, 2.45) is 5.10 Å². The van der Waals surface area contributed by atoms with Gasteiger partial charge in [0, 0.05) is 16.1 Å². The van der Waals surface area contributed by atoms with Crippen molar-refractivity contribution in [3.05, 3.63) is 28.2 Å². The van der Waals surface area contributed by atoms with Crippen molar-refractivity contribution in [1.82, 2.24) is 10.7 Å². The smallest absolute Gasteiger partial charge is 0.329 e. The second-order valence-electron chi connectivity index (χ2n) is 4.60. The molecular formula is C15H20BrN3O3. The zero-order valence-corrected chi connectivity index (χ0v) is 14.4. The van der Waals surface area contributed by atoms with Gasteiger partial charge in [-0.1, -0.05) is 22.9 Å². The van der Waals surface area contributed by atoms with Crippen molar-refractivity contribution in [1.29, 1.82) is 0 Å². The fourth-order valence-corrected chi connectivity index (χ4v) is 1.89. The van der Waals surface area contributed by atoms with Crippen LogP contribution in [0, 0.1) is 0 Å². The van der Waals surface area contributed by atoms with Crippen molar-refractivity contribution in [2.45, 2.75) is 33.2 Å². The van der Waals surface area contributed by atoms with Gasteiger partial charge in [0.1, 0.15) is 5.75 Å². The maximum Gasteiger partial charge on any atom is 0.329 e. The molecule has 0 aliphatic carbocycles. The van der Waals surface area contributed by atoms with Gasteiger partial charge in [-0.05, 0) is 38.5 Å². The van der Waals surface area contributed by atoms with Crippen LogP contribution in [0.4, 0.5) is 0 Å². The molecule has 120 valence electrons. The summed E-state index contributed by atoms with van der Waals surface area (Å²) >= 11 is 3.36. The topological polar surface area (TPSA) is 79.8 Å². The Bertz CT molecular complexity index is 561. The molecule has 1 aromatic rings. The Kier molecular flexibility index (Phi) is 7.59. The van der Waals surface area contributed by atoms with Gasteiger partial charge in [0.15, 0.2) is 0 Å². The van der Waals surface area contributed by atoms with Gasteiger partial charge in [-0.25, -0.2) is 5.43 Å². The van der Waals surface area contributed by atoms with E-state index in [1.54, 1.807) is 12.1 Å². The van der Waals surface area contributed by atoms with E-state index in [4.69, 9.17) is 4.74 Å². The molecule has 0 radical (unpaired) electrons. The number of nitrogens with zero attached hydrogens (tertiary/aromatic N) is 1. The summed E-state index contributed by atoms with van der Waals surface area (Å²) in [5.74, 6) is -0.858. The number of ether oxygens (including phenoxy) is 1. The number of rotatable bonds is 6. The molecule has 1 atom stereocenters. The number of hydrogen-bond acceptors (Lipinski definition) is 4. The average Bonchev–Trinajstić information content (AvgIpc) is 2.49. The van der Waals surface area contributed by atoms with Gasteiger partial charge in [0.05, 0.1) is 12.8 Å². The Hall–Kier alpha value is -1.89. The second-order valence-corrected chi connectivity index (χ2v) is 5.51. The van der Waals surface area contributed by atoms with Crippen molar-refractivity contribution in [2.75, 3.05) is 6.61 Å². The number of nitrogens with one attached hydrogen (secondary N) is 2. The summed E-state index contributed by atoms with van der Waals surface area (Å²) in [5, 5.41) is 6.36. The molecule has 0 aromatic heterocycles. The normalized spacial score (nSPS) is 12.0. The predicted molar refractivity (Wildman–Crippen MR) is 88.9 cm³/mol. The molecule has 6 nitrogen and oxygen atoms in total. The number of benzene rings is 1. The van der Waals surface area contributed by atoms with Crippen LogP contribution in [0.15, 0.2) is 27.8 Å². The van der Waals surface area contributed by atoms with Crippen molar-refractivity contribution in [3.63, 3.8) is 0 Å². The average molecular weight is 370 g/mol. The molecule has 0 spiro atoms. The van der Waals surface area contributed by atoms with Crippen LogP contribution >= 0.6 is 15.9 Å². The Morgan fingerprint density at radius 2 is 2.09 bits per heavy atom. The molecule has 22 heavy (non-hydrogen) atoms. The molecule has 2 N–H and O–H groups in total. The van der Waals surface area contributed by atoms with Crippen LogP contribution in [0.25, 0.3) is 0 Å². The van der Waals surface area contributed by atoms with Crippen LogP contribution in [0.3, 0.4) is 0 Å². The number of carbonyl (C=O) groups is 2. The highest BCUT2D eigenvalue weighted by atomic mass is 79.9. The third-order valence-corrected chi connectivity index (χ3v) is 3.33. The molecule has 0 fully saturated rings. The van der Waals surface area contributed by atoms with E-state index in [1.807, 2.05) is 26.8 Å². The van der Waals surface area contributed by atoms with Gasteiger partial charge >= 0.3 is 11.8 Å². The van der Waals surface area contributed by atoms with E-state index in [-0.39, 0.29) is 6.04 Å². The van der Waals surface area contributed by atoms with Crippen molar-refractivity contribution in [3.8, 4) is 5.75 Å². The number of carbonyl (C=O) groups excluding carboxylic acids is 2. The second kappa shape index (κ2) is 9.19. The first-order valence-corrected chi connectivity index (χ1v) is 7.83. The van der Waals surface area contributed by atoms with Gasteiger partial charge in [-0.2, -0.15) is 5.10 Å². The van der Waals surface area contributed by atoms with Crippen LogP contribution in [-0.4, -0.2) is 30.7 Å². The first-order valence-electron chi connectivity index (χ1n) is 7.04. The van der Waals surface area contributed by atoms with Gasteiger partial charge in [0.2, 0.25) is 0 Å². The Morgan fingerprint density at radius 1 is 1.36 bits per heavy atom. The first kappa shape index (κ1) is 18.2. The maximum atomic E-state index is 11.6. The molecule has 0 heterocycles. The minimum atomic E-state index is -0.801. The molecule has 0 aliphatic rings. The lowest BCUT2D eigenvalue weighted by atomic mass is 10.2. The lowest BCUT2D eigenvalue weighted by molar-refractivity contribution is -0.139. The quantitative estimate of drug-likeness (QED) is 0.458. The molecule has 1 rings (SSSR count). The maximum absolute atomic E-state index is 11.6. The van der Waals surface area contributed by atoms with Crippen LogP contribution < -0.4 is 15.5 Å². The van der Waals surface area contributed by atoms with E-state index >= 15 is 0 Å². The summed E-state index contributed by atoms with van der Waals surface area (Å²) in [5.41, 5.74) is 2.89. The molecule has 0 saturated heterocycles. The largest absolute Gasteiger partial charge is 0.493 e. The molecule has 1 aromatic carbocycles.